The quantitative estimate of drug-likeness (QED) is 0.385. The fourth-order valence-electron chi connectivity index (χ4n) is 3.81. The second-order valence-corrected chi connectivity index (χ2v) is 9.20. The summed E-state index contributed by atoms with van der Waals surface area (Å²) in [5.41, 5.74) is 1.07. The summed E-state index contributed by atoms with van der Waals surface area (Å²) in [6, 6.07) is 4.49. The lowest BCUT2D eigenvalue weighted by atomic mass is 10.2. The molecule has 10 nitrogen and oxygen atoms in total. The number of amides is 1. The van der Waals surface area contributed by atoms with E-state index in [-0.39, 0.29) is 6.54 Å². The molecule has 1 amide bonds. The number of halogens is 3. The summed E-state index contributed by atoms with van der Waals surface area (Å²) in [5, 5.41) is 6.38. The van der Waals surface area contributed by atoms with Crippen LogP contribution in [0.1, 0.15) is 12.0 Å². The third-order valence-corrected chi connectivity index (χ3v) is 6.37. The number of carbonyl (C=O) groups is 1. The largest absolute Gasteiger partial charge is 0.453 e. The van der Waals surface area contributed by atoms with E-state index in [0.717, 1.165) is 39.1 Å². The Morgan fingerprint density at radius 1 is 1.11 bits per heavy atom. The van der Waals surface area contributed by atoms with E-state index >= 15 is 0 Å². The van der Waals surface area contributed by atoms with Crippen molar-refractivity contribution in [2.75, 3.05) is 56.6 Å². The predicted octanol–water partition coefficient (Wildman–Crippen LogP) is 3.86. The van der Waals surface area contributed by atoms with E-state index in [0.29, 0.717) is 45.3 Å². The van der Waals surface area contributed by atoms with E-state index in [2.05, 4.69) is 45.1 Å². The van der Waals surface area contributed by atoms with Crippen LogP contribution in [0.3, 0.4) is 0 Å². The number of alkyl carbamates (subject to hydrolysis) is 1. The SMILES string of the molecule is COC(=O)NCCCN1CCN(c2ncc(-c3ncc(Cl)c(NCc4ccc(Cl)cc4F)n3)cn2)CC1. The summed E-state index contributed by atoms with van der Waals surface area (Å²) in [6.07, 6.45) is 5.29. The standard InChI is InChI=1S/C24H27Cl2FN8O2/c1-37-24(36)28-5-2-6-34-7-9-35(10-8-34)23-31-13-17(14-32-23)21-30-15-19(26)22(33-21)29-12-16-3-4-18(25)11-20(16)27/h3-4,11,13-15H,2,5-10,12H2,1H3,(H,28,36)(H,29,30,33). The Kier molecular flexibility index (Phi) is 9.26. The molecule has 2 aromatic heterocycles. The molecule has 1 aromatic carbocycles. The van der Waals surface area contributed by atoms with Gasteiger partial charge < -0.3 is 20.3 Å². The molecule has 0 bridgehead atoms. The molecule has 1 aliphatic rings. The molecule has 0 radical (unpaired) electrons. The first kappa shape index (κ1) is 26.8. The summed E-state index contributed by atoms with van der Waals surface area (Å²) in [4.78, 5) is 33.4. The van der Waals surface area contributed by atoms with Crippen LogP contribution in [-0.4, -0.2) is 77.3 Å². The lowest BCUT2D eigenvalue weighted by Crippen LogP contribution is -2.47. The Morgan fingerprint density at radius 2 is 1.86 bits per heavy atom. The van der Waals surface area contributed by atoms with Gasteiger partial charge in [-0.2, -0.15) is 0 Å². The molecule has 3 aromatic rings. The predicted molar refractivity (Wildman–Crippen MR) is 140 cm³/mol. The van der Waals surface area contributed by atoms with Crippen LogP contribution in [0, 0.1) is 5.82 Å². The number of benzene rings is 1. The van der Waals surface area contributed by atoms with Gasteiger partial charge in [0.15, 0.2) is 5.82 Å². The molecule has 1 fully saturated rings. The zero-order chi connectivity index (χ0) is 26.2. The number of hydrogen-bond acceptors (Lipinski definition) is 9. The van der Waals surface area contributed by atoms with Gasteiger partial charge >= 0.3 is 6.09 Å². The van der Waals surface area contributed by atoms with Crippen LogP contribution in [0.25, 0.3) is 11.4 Å². The fourth-order valence-corrected chi connectivity index (χ4v) is 4.13. The summed E-state index contributed by atoms with van der Waals surface area (Å²) in [5.74, 6) is 1.01. The maximum atomic E-state index is 14.1. The summed E-state index contributed by atoms with van der Waals surface area (Å²) in [6.45, 7) is 5.03. The van der Waals surface area contributed by atoms with Crippen LogP contribution >= 0.6 is 23.2 Å². The molecule has 0 saturated carbocycles. The molecule has 4 rings (SSSR count). The van der Waals surface area contributed by atoms with Gasteiger partial charge in [0.05, 0.1) is 18.9 Å². The van der Waals surface area contributed by atoms with Gasteiger partial charge in [-0.15, -0.1) is 0 Å². The zero-order valence-corrected chi connectivity index (χ0v) is 21.8. The van der Waals surface area contributed by atoms with Crippen molar-refractivity contribution in [1.82, 2.24) is 30.2 Å². The molecule has 0 aliphatic carbocycles. The maximum Gasteiger partial charge on any atom is 0.406 e. The van der Waals surface area contributed by atoms with Crippen molar-refractivity contribution in [2.24, 2.45) is 0 Å². The minimum absolute atomic E-state index is 0.183. The van der Waals surface area contributed by atoms with Crippen LogP contribution < -0.4 is 15.5 Å². The smallest absolute Gasteiger partial charge is 0.406 e. The van der Waals surface area contributed by atoms with Crippen molar-refractivity contribution in [3.05, 3.63) is 58.2 Å². The summed E-state index contributed by atoms with van der Waals surface area (Å²) in [7, 11) is 1.35. The molecule has 0 atom stereocenters. The minimum atomic E-state index is -0.411. The van der Waals surface area contributed by atoms with Crippen LogP contribution in [0.5, 0.6) is 0 Å². The molecule has 1 aliphatic heterocycles. The molecule has 196 valence electrons. The number of nitrogens with one attached hydrogen (secondary N) is 2. The Bertz CT molecular complexity index is 1210. The van der Waals surface area contributed by atoms with E-state index in [9.17, 15) is 9.18 Å². The molecule has 1 saturated heterocycles. The van der Waals surface area contributed by atoms with E-state index in [4.69, 9.17) is 23.2 Å². The lowest BCUT2D eigenvalue weighted by Gasteiger charge is -2.34. The van der Waals surface area contributed by atoms with Gasteiger partial charge in [0.2, 0.25) is 5.95 Å². The first-order valence-electron chi connectivity index (χ1n) is 11.7. The average molecular weight is 549 g/mol. The van der Waals surface area contributed by atoms with Gasteiger partial charge in [0, 0.05) is 62.2 Å². The van der Waals surface area contributed by atoms with Gasteiger partial charge in [0.1, 0.15) is 16.7 Å². The van der Waals surface area contributed by atoms with Crippen LogP contribution in [0.15, 0.2) is 36.8 Å². The molecule has 0 unspecified atom stereocenters. The van der Waals surface area contributed by atoms with Gasteiger partial charge in [-0.1, -0.05) is 29.3 Å². The average Bonchev–Trinajstić information content (AvgIpc) is 2.92. The number of aromatic nitrogens is 4. The van der Waals surface area contributed by atoms with Crippen LogP contribution in [0.4, 0.5) is 21.0 Å². The highest BCUT2D eigenvalue weighted by atomic mass is 35.5. The monoisotopic (exact) mass is 548 g/mol. The third kappa shape index (κ3) is 7.37. The van der Waals surface area contributed by atoms with Crippen molar-refractivity contribution >= 4 is 41.1 Å². The highest BCUT2D eigenvalue weighted by Gasteiger charge is 2.19. The molecular weight excluding hydrogens is 522 g/mol. The van der Waals surface area contributed by atoms with Gasteiger partial charge in [-0.25, -0.2) is 29.1 Å². The van der Waals surface area contributed by atoms with Crippen molar-refractivity contribution in [3.8, 4) is 11.4 Å². The summed E-state index contributed by atoms with van der Waals surface area (Å²) >= 11 is 12.1. The Balaban J connectivity index is 1.31. The number of anilines is 2. The van der Waals surface area contributed by atoms with Crippen LogP contribution in [0.2, 0.25) is 10.0 Å². The molecular formula is C24H27Cl2FN8O2. The van der Waals surface area contributed by atoms with Crippen molar-refractivity contribution in [3.63, 3.8) is 0 Å². The van der Waals surface area contributed by atoms with Crippen molar-refractivity contribution in [1.29, 1.82) is 0 Å². The highest BCUT2D eigenvalue weighted by Crippen LogP contribution is 2.24. The topological polar surface area (TPSA) is 108 Å². The number of piperazine rings is 1. The van der Waals surface area contributed by atoms with E-state index in [1.807, 2.05) is 0 Å². The molecule has 3 heterocycles. The molecule has 13 heteroatoms. The minimum Gasteiger partial charge on any atom is -0.453 e. The van der Waals surface area contributed by atoms with E-state index < -0.39 is 11.9 Å². The normalized spacial score (nSPS) is 13.9. The third-order valence-electron chi connectivity index (χ3n) is 5.86. The fraction of sp³-hybridized carbons (Fsp3) is 0.375. The number of carbonyl (C=O) groups excluding carboxylic acids is 1. The number of methoxy groups -OCH3 is 1. The second-order valence-electron chi connectivity index (χ2n) is 8.35. The van der Waals surface area contributed by atoms with E-state index in [1.165, 1.54) is 19.4 Å². The highest BCUT2D eigenvalue weighted by molar-refractivity contribution is 6.32. The maximum absolute atomic E-state index is 14.1. The Hall–Kier alpha value is -3.28. The van der Waals surface area contributed by atoms with Gasteiger partial charge in [0.25, 0.3) is 0 Å². The van der Waals surface area contributed by atoms with Crippen molar-refractivity contribution in [2.45, 2.75) is 13.0 Å². The number of nitrogens with zero attached hydrogens (tertiary/aromatic N) is 6. The van der Waals surface area contributed by atoms with Gasteiger partial charge in [-0.05, 0) is 25.1 Å². The number of ether oxygens (including phenoxy) is 1. The number of rotatable bonds is 9. The van der Waals surface area contributed by atoms with Crippen molar-refractivity contribution < 1.29 is 13.9 Å². The zero-order valence-electron chi connectivity index (χ0n) is 20.3. The molecule has 0 spiro atoms. The van der Waals surface area contributed by atoms with Gasteiger partial charge in [-0.3, -0.25) is 4.90 Å². The Morgan fingerprint density at radius 3 is 2.57 bits per heavy atom. The molecule has 37 heavy (non-hydrogen) atoms. The first-order chi connectivity index (χ1) is 17.9. The van der Waals surface area contributed by atoms with E-state index in [1.54, 1.807) is 24.5 Å². The lowest BCUT2D eigenvalue weighted by molar-refractivity contribution is 0.170. The van der Waals surface area contributed by atoms with Crippen LogP contribution in [-0.2, 0) is 11.3 Å². The number of hydrogen-bond donors (Lipinski definition) is 2. The molecule has 2 N–H and O–H groups in total. The summed E-state index contributed by atoms with van der Waals surface area (Å²) < 4.78 is 18.7. The first-order valence-corrected chi connectivity index (χ1v) is 12.5. The Labute approximate surface area is 224 Å². The second kappa shape index (κ2) is 12.8.